The van der Waals surface area contributed by atoms with E-state index in [2.05, 4.69) is 44.1 Å². The second-order valence-corrected chi connectivity index (χ2v) is 6.01. The molecule has 3 heteroatoms. The Kier molecular flexibility index (Phi) is 6.78. The Bertz CT molecular complexity index is 320. The van der Waals surface area contributed by atoms with Crippen molar-refractivity contribution in [1.82, 2.24) is 10.2 Å². The van der Waals surface area contributed by atoms with Crippen LogP contribution in [0.25, 0.3) is 0 Å². The standard InChI is InChI=1S/C14H26N2S/c1-5-7-8-16(4)11-13-9-14(10-15-6-2)17-12(13)3/h9,15H,5-8,10-11H2,1-4H3. The number of unbranched alkanes of at least 4 members (excludes halogenated alkanes) is 1. The molecule has 0 aliphatic carbocycles. The lowest BCUT2D eigenvalue weighted by Crippen LogP contribution is -2.19. The van der Waals surface area contributed by atoms with Crippen LogP contribution in [-0.2, 0) is 13.1 Å². The molecule has 1 rings (SSSR count). The first-order chi connectivity index (χ1) is 8.17. The van der Waals surface area contributed by atoms with Crippen molar-refractivity contribution in [2.75, 3.05) is 20.1 Å². The molecule has 98 valence electrons. The van der Waals surface area contributed by atoms with E-state index in [0.717, 1.165) is 19.6 Å². The van der Waals surface area contributed by atoms with Gasteiger partial charge in [0.05, 0.1) is 0 Å². The Morgan fingerprint density at radius 3 is 2.76 bits per heavy atom. The Labute approximate surface area is 110 Å². The van der Waals surface area contributed by atoms with Crippen molar-refractivity contribution in [2.45, 2.75) is 46.7 Å². The van der Waals surface area contributed by atoms with E-state index in [9.17, 15) is 0 Å². The first kappa shape index (κ1) is 14.7. The topological polar surface area (TPSA) is 15.3 Å². The fourth-order valence-electron chi connectivity index (χ4n) is 1.88. The molecule has 0 amide bonds. The summed E-state index contributed by atoms with van der Waals surface area (Å²) in [5, 5.41) is 3.39. The molecule has 1 aromatic heterocycles. The summed E-state index contributed by atoms with van der Waals surface area (Å²) in [4.78, 5) is 5.36. The Balaban J connectivity index is 2.49. The van der Waals surface area contributed by atoms with E-state index in [0.29, 0.717) is 0 Å². The molecule has 0 atom stereocenters. The van der Waals surface area contributed by atoms with Gasteiger partial charge in [-0.05, 0) is 45.1 Å². The zero-order chi connectivity index (χ0) is 12.7. The molecule has 0 radical (unpaired) electrons. The molecule has 0 aliphatic rings. The van der Waals surface area contributed by atoms with Crippen LogP contribution in [-0.4, -0.2) is 25.0 Å². The average molecular weight is 254 g/mol. The van der Waals surface area contributed by atoms with Gasteiger partial charge in [0.2, 0.25) is 0 Å². The van der Waals surface area contributed by atoms with Crippen molar-refractivity contribution in [3.8, 4) is 0 Å². The smallest absolute Gasteiger partial charge is 0.0299 e. The number of aryl methyl sites for hydroxylation is 1. The predicted molar refractivity (Wildman–Crippen MR) is 77.7 cm³/mol. The number of thiophene rings is 1. The van der Waals surface area contributed by atoms with Crippen LogP contribution in [0.2, 0.25) is 0 Å². The van der Waals surface area contributed by atoms with Crippen LogP contribution < -0.4 is 5.32 Å². The van der Waals surface area contributed by atoms with E-state index >= 15 is 0 Å². The minimum atomic E-state index is 1.01. The third-order valence-corrected chi connectivity index (χ3v) is 4.05. The molecule has 2 nitrogen and oxygen atoms in total. The second kappa shape index (κ2) is 7.85. The van der Waals surface area contributed by atoms with Crippen LogP contribution in [0, 0.1) is 6.92 Å². The van der Waals surface area contributed by atoms with Crippen molar-refractivity contribution >= 4 is 11.3 Å². The molecule has 0 aliphatic heterocycles. The van der Waals surface area contributed by atoms with E-state index in [1.165, 1.54) is 34.7 Å². The van der Waals surface area contributed by atoms with Gasteiger partial charge >= 0.3 is 0 Å². The fourth-order valence-corrected chi connectivity index (χ4v) is 2.90. The van der Waals surface area contributed by atoms with Gasteiger partial charge in [-0.25, -0.2) is 0 Å². The second-order valence-electron chi connectivity index (χ2n) is 4.67. The Morgan fingerprint density at radius 2 is 2.12 bits per heavy atom. The summed E-state index contributed by atoms with van der Waals surface area (Å²) in [7, 11) is 2.22. The highest BCUT2D eigenvalue weighted by molar-refractivity contribution is 7.12. The van der Waals surface area contributed by atoms with Gasteiger partial charge in [-0.15, -0.1) is 11.3 Å². The zero-order valence-corrected chi connectivity index (χ0v) is 12.5. The highest BCUT2D eigenvalue weighted by Crippen LogP contribution is 2.22. The maximum absolute atomic E-state index is 3.39. The van der Waals surface area contributed by atoms with Crippen LogP contribution in [0.4, 0.5) is 0 Å². The van der Waals surface area contributed by atoms with Gasteiger partial charge in [-0.3, -0.25) is 0 Å². The highest BCUT2D eigenvalue weighted by Gasteiger charge is 2.07. The van der Waals surface area contributed by atoms with E-state index in [1.807, 2.05) is 11.3 Å². The predicted octanol–water partition coefficient (Wildman–Crippen LogP) is 3.40. The van der Waals surface area contributed by atoms with Gasteiger partial charge in [0.15, 0.2) is 0 Å². The SMILES string of the molecule is CCCCN(C)Cc1cc(CNCC)sc1C. The fraction of sp³-hybridized carbons (Fsp3) is 0.714. The van der Waals surface area contributed by atoms with Crippen LogP contribution in [0.1, 0.15) is 42.0 Å². The van der Waals surface area contributed by atoms with Gasteiger partial charge in [-0.2, -0.15) is 0 Å². The summed E-state index contributed by atoms with van der Waals surface area (Å²) in [5.41, 5.74) is 1.50. The van der Waals surface area contributed by atoms with Crippen LogP contribution in [0.3, 0.4) is 0 Å². The lowest BCUT2D eigenvalue weighted by molar-refractivity contribution is 0.320. The third kappa shape index (κ3) is 5.19. The molecule has 1 N–H and O–H groups in total. The van der Waals surface area contributed by atoms with Crippen molar-refractivity contribution in [2.24, 2.45) is 0 Å². The maximum Gasteiger partial charge on any atom is 0.0299 e. The summed E-state index contributed by atoms with van der Waals surface area (Å²) in [6, 6.07) is 2.37. The molecule has 0 saturated heterocycles. The molecule has 0 spiro atoms. The minimum Gasteiger partial charge on any atom is -0.312 e. The molecule has 17 heavy (non-hydrogen) atoms. The summed E-state index contributed by atoms with van der Waals surface area (Å²) < 4.78 is 0. The first-order valence-electron chi connectivity index (χ1n) is 6.64. The Morgan fingerprint density at radius 1 is 1.35 bits per heavy atom. The molecule has 0 saturated carbocycles. The Hall–Kier alpha value is -0.380. The molecular weight excluding hydrogens is 228 g/mol. The van der Waals surface area contributed by atoms with Crippen LogP contribution in [0.15, 0.2) is 6.07 Å². The van der Waals surface area contributed by atoms with Crippen molar-refractivity contribution in [1.29, 1.82) is 0 Å². The van der Waals surface area contributed by atoms with E-state index in [4.69, 9.17) is 0 Å². The third-order valence-electron chi connectivity index (χ3n) is 2.95. The zero-order valence-electron chi connectivity index (χ0n) is 11.7. The summed E-state index contributed by atoms with van der Waals surface area (Å²) in [6.07, 6.45) is 2.57. The van der Waals surface area contributed by atoms with Gasteiger partial charge in [-0.1, -0.05) is 20.3 Å². The molecule has 0 aromatic carbocycles. The van der Waals surface area contributed by atoms with Crippen LogP contribution >= 0.6 is 11.3 Å². The normalized spacial score (nSPS) is 11.4. The maximum atomic E-state index is 3.39. The molecule has 0 bridgehead atoms. The largest absolute Gasteiger partial charge is 0.312 e. The number of hydrogen-bond acceptors (Lipinski definition) is 3. The van der Waals surface area contributed by atoms with Crippen molar-refractivity contribution in [3.63, 3.8) is 0 Å². The molecule has 1 aromatic rings. The number of rotatable bonds is 8. The number of hydrogen-bond donors (Lipinski definition) is 1. The minimum absolute atomic E-state index is 1.01. The number of nitrogens with one attached hydrogen (secondary N) is 1. The average Bonchev–Trinajstić information content (AvgIpc) is 2.65. The first-order valence-corrected chi connectivity index (χ1v) is 7.46. The van der Waals surface area contributed by atoms with Gasteiger partial charge < -0.3 is 10.2 Å². The van der Waals surface area contributed by atoms with Gasteiger partial charge in [0.1, 0.15) is 0 Å². The molecule has 0 fully saturated rings. The summed E-state index contributed by atoms with van der Waals surface area (Å²) in [6.45, 7) is 11.0. The van der Waals surface area contributed by atoms with E-state index in [-0.39, 0.29) is 0 Å². The van der Waals surface area contributed by atoms with Crippen molar-refractivity contribution < 1.29 is 0 Å². The molecule has 1 heterocycles. The van der Waals surface area contributed by atoms with Gasteiger partial charge in [0, 0.05) is 22.8 Å². The van der Waals surface area contributed by atoms with Crippen molar-refractivity contribution in [3.05, 3.63) is 21.4 Å². The summed E-state index contributed by atoms with van der Waals surface area (Å²) in [5.74, 6) is 0. The number of nitrogens with zero attached hydrogens (tertiary/aromatic N) is 1. The monoisotopic (exact) mass is 254 g/mol. The van der Waals surface area contributed by atoms with Crippen LogP contribution in [0.5, 0.6) is 0 Å². The van der Waals surface area contributed by atoms with E-state index in [1.54, 1.807) is 0 Å². The van der Waals surface area contributed by atoms with Gasteiger partial charge in [0.25, 0.3) is 0 Å². The molecular formula is C14H26N2S. The highest BCUT2D eigenvalue weighted by atomic mass is 32.1. The van der Waals surface area contributed by atoms with E-state index < -0.39 is 0 Å². The summed E-state index contributed by atoms with van der Waals surface area (Å²) >= 11 is 1.93. The molecule has 0 unspecified atom stereocenters. The quantitative estimate of drug-likeness (QED) is 0.765. The lowest BCUT2D eigenvalue weighted by atomic mass is 10.2. The lowest BCUT2D eigenvalue weighted by Gasteiger charge is -2.15.